The zero-order valence-electron chi connectivity index (χ0n) is 18.8. The largest absolute Gasteiger partial charge is 0.457 e. The first-order valence-electron chi connectivity index (χ1n) is 11.5. The molecule has 4 aliphatic carbocycles. The Kier molecular flexibility index (Phi) is 4.37. The Hall–Kier alpha value is -1.44. The number of fused-ring (bicyclic) bond motifs is 2. The number of aliphatic hydroxyl groups excluding tert-OH is 1. The van der Waals surface area contributed by atoms with Gasteiger partial charge >= 0.3 is 11.9 Å². The molecular weight excluding hydrogens is 400 g/mol. The molecule has 6 fully saturated rings. The first-order valence-corrected chi connectivity index (χ1v) is 11.5. The second kappa shape index (κ2) is 6.33. The summed E-state index contributed by atoms with van der Waals surface area (Å²) in [5.74, 6) is -3.51. The van der Waals surface area contributed by atoms with Crippen molar-refractivity contribution in [3.8, 4) is 0 Å². The molecule has 0 radical (unpaired) electrons. The van der Waals surface area contributed by atoms with Gasteiger partial charge in [-0.05, 0) is 42.6 Å². The summed E-state index contributed by atoms with van der Waals surface area (Å²) in [5.41, 5.74) is -1.26. The maximum Gasteiger partial charge on any atom is 0.303 e. The summed E-state index contributed by atoms with van der Waals surface area (Å²) in [4.78, 5) is 24.3. The molecule has 7 nitrogen and oxygen atoms in total. The first-order chi connectivity index (χ1) is 14.4. The number of esters is 2. The van der Waals surface area contributed by atoms with Gasteiger partial charge in [0, 0.05) is 31.1 Å². The highest BCUT2D eigenvalue weighted by Gasteiger charge is 2.86. The first kappa shape index (κ1) is 21.4. The molecule has 172 valence electrons. The van der Waals surface area contributed by atoms with Gasteiger partial charge in [0.15, 0.2) is 6.10 Å². The van der Waals surface area contributed by atoms with Crippen LogP contribution < -0.4 is 0 Å². The van der Waals surface area contributed by atoms with Crippen LogP contribution in [0.4, 0.5) is 0 Å². The summed E-state index contributed by atoms with van der Waals surface area (Å²) in [7, 11) is 0. The van der Waals surface area contributed by atoms with Crippen molar-refractivity contribution < 1.29 is 34.0 Å². The van der Waals surface area contributed by atoms with E-state index in [0.29, 0.717) is 12.2 Å². The van der Waals surface area contributed by atoms with Gasteiger partial charge in [-0.2, -0.15) is 0 Å². The fourth-order valence-electron chi connectivity index (χ4n) is 8.84. The van der Waals surface area contributed by atoms with E-state index in [1.807, 2.05) is 0 Å². The van der Waals surface area contributed by atoms with Crippen molar-refractivity contribution in [1.82, 2.24) is 0 Å². The van der Waals surface area contributed by atoms with Gasteiger partial charge in [0.05, 0.1) is 18.1 Å². The second-order valence-electron chi connectivity index (χ2n) is 11.2. The van der Waals surface area contributed by atoms with E-state index in [0.717, 1.165) is 32.1 Å². The molecule has 2 aliphatic heterocycles. The minimum atomic E-state index is -1.97. The van der Waals surface area contributed by atoms with Crippen LogP contribution in [-0.4, -0.2) is 52.9 Å². The third-order valence-corrected chi connectivity index (χ3v) is 9.53. The predicted molar refractivity (Wildman–Crippen MR) is 109 cm³/mol. The highest BCUT2D eigenvalue weighted by molar-refractivity contribution is 5.67. The summed E-state index contributed by atoms with van der Waals surface area (Å²) in [6, 6.07) is 0. The molecule has 31 heavy (non-hydrogen) atoms. The van der Waals surface area contributed by atoms with Gasteiger partial charge in [-0.1, -0.05) is 26.8 Å². The van der Waals surface area contributed by atoms with Crippen LogP contribution in [0.15, 0.2) is 12.2 Å². The number of aliphatic hydroxyl groups is 2. The molecule has 2 heterocycles. The lowest BCUT2D eigenvalue weighted by molar-refractivity contribution is -0.467. The van der Waals surface area contributed by atoms with Gasteiger partial charge < -0.3 is 24.4 Å². The van der Waals surface area contributed by atoms with E-state index >= 15 is 0 Å². The van der Waals surface area contributed by atoms with Gasteiger partial charge in [0.1, 0.15) is 6.10 Å². The molecule has 4 bridgehead atoms. The van der Waals surface area contributed by atoms with Crippen LogP contribution in [0.3, 0.4) is 0 Å². The third kappa shape index (κ3) is 2.30. The van der Waals surface area contributed by atoms with E-state index in [9.17, 15) is 19.8 Å². The zero-order valence-corrected chi connectivity index (χ0v) is 18.8. The smallest absolute Gasteiger partial charge is 0.303 e. The second-order valence-corrected chi connectivity index (χ2v) is 11.2. The Morgan fingerprint density at radius 3 is 2.45 bits per heavy atom. The lowest BCUT2D eigenvalue weighted by Crippen LogP contribution is -2.84. The van der Waals surface area contributed by atoms with E-state index in [1.165, 1.54) is 13.8 Å². The van der Waals surface area contributed by atoms with Crippen LogP contribution in [0.2, 0.25) is 0 Å². The van der Waals surface area contributed by atoms with Crippen LogP contribution in [0.25, 0.3) is 0 Å². The number of carbonyl (C=O) groups excluding carboxylic acids is 2. The summed E-state index contributed by atoms with van der Waals surface area (Å²) >= 11 is 0. The van der Waals surface area contributed by atoms with Crippen molar-refractivity contribution in [1.29, 1.82) is 0 Å². The number of rotatable bonds is 2. The predicted octanol–water partition coefficient (Wildman–Crippen LogP) is 2.34. The highest BCUT2D eigenvalue weighted by atomic mass is 16.7. The van der Waals surface area contributed by atoms with E-state index in [2.05, 4.69) is 20.4 Å². The van der Waals surface area contributed by atoms with Gasteiger partial charge in [0.25, 0.3) is 0 Å². The summed E-state index contributed by atoms with van der Waals surface area (Å²) in [6.45, 7) is 11.5. The third-order valence-electron chi connectivity index (χ3n) is 9.53. The molecule has 6 rings (SSSR count). The Morgan fingerprint density at radius 1 is 1.13 bits per heavy atom. The van der Waals surface area contributed by atoms with Gasteiger partial charge in [0.2, 0.25) is 5.79 Å². The van der Waals surface area contributed by atoms with Crippen LogP contribution in [0, 0.1) is 34.0 Å². The van der Waals surface area contributed by atoms with Gasteiger partial charge in [-0.25, -0.2) is 0 Å². The number of hydrogen-bond donors (Lipinski definition) is 2. The normalized spacial score (nSPS) is 51.6. The van der Waals surface area contributed by atoms with Crippen molar-refractivity contribution in [3.63, 3.8) is 0 Å². The molecule has 2 saturated heterocycles. The number of carbonyl (C=O) groups is 2. The summed E-state index contributed by atoms with van der Waals surface area (Å²) in [5, 5.41) is 24.0. The standard InChI is InChI=1S/C24H34O7/c1-12-15-7-8-16-22-10-6-9-21(4,5)17(22)20(31-14(3)26)24(28,29-11-22)23(16,18(15)27)19(12)30-13(2)25/h15-20,27-28H,1,6-11H2,2-5H3/t15-,16-,17+,18+,19+,20-,22+,23+,24-/m0/s1. The summed E-state index contributed by atoms with van der Waals surface area (Å²) < 4.78 is 17.9. The Balaban J connectivity index is 1.78. The molecular formula is C24H34O7. The van der Waals surface area contributed by atoms with Crippen LogP contribution in [0.1, 0.15) is 59.8 Å². The maximum atomic E-state index is 12.3. The lowest BCUT2D eigenvalue weighted by Gasteiger charge is -2.75. The van der Waals surface area contributed by atoms with Crippen molar-refractivity contribution >= 4 is 11.9 Å². The van der Waals surface area contributed by atoms with Crippen molar-refractivity contribution in [2.24, 2.45) is 34.0 Å². The lowest BCUT2D eigenvalue weighted by atomic mass is 9.36. The molecule has 0 amide bonds. The molecule has 0 aromatic heterocycles. The van der Waals surface area contributed by atoms with Gasteiger partial charge in [-0.3, -0.25) is 9.59 Å². The van der Waals surface area contributed by atoms with E-state index < -0.39 is 41.5 Å². The number of hydrogen-bond acceptors (Lipinski definition) is 7. The maximum absolute atomic E-state index is 12.3. The van der Waals surface area contributed by atoms with E-state index in [-0.39, 0.29) is 28.6 Å². The Labute approximate surface area is 183 Å². The SMILES string of the molecule is C=C1[C@@H](OC(C)=O)[C@]23[C@H](O)[C@H]1CC[C@H]2[C@]12CCCC(C)(C)[C@H]1[C@H](OC(C)=O)[C@]3(O)OC2. The minimum Gasteiger partial charge on any atom is -0.457 e. The minimum absolute atomic E-state index is 0.123. The summed E-state index contributed by atoms with van der Waals surface area (Å²) in [6.07, 6.45) is 1.48. The molecule has 6 aliphatic rings. The molecule has 0 aromatic rings. The molecule has 9 atom stereocenters. The average Bonchev–Trinajstić information content (AvgIpc) is 2.77. The molecule has 2 spiro atoms. The van der Waals surface area contributed by atoms with E-state index in [4.69, 9.17) is 14.2 Å². The number of ether oxygens (including phenoxy) is 3. The van der Waals surface area contributed by atoms with Crippen molar-refractivity contribution in [3.05, 3.63) is 12.2 Å². The van der Waals surface area contributed by atoms with Crippen LogP contribution >= 0.6 is 0 Å². The highest BCUT2D eigenvalue weighted by Crippen LogP contribution is 2.78. The van der Waals surface area contributed by atoms with Crippen LogP contribution in [-0.2, 0) is 23.8 Å². The molecule has 7 heteroatoms. The zero-order chi connectivity index (χ0) is 22.6. The van der Waals surface area contributed by atoms with Crippen molar-refractivity contribution in [2.45, 2.75) is 83.9 Å². The van der Waals surface area contributed by atoms with E-state index in [1.54, 1.807) is 0 Å². The molecule has 4 saturated carbocycles. The van der Waals surface area contributed by atoms with Crippen molar-refractivity contribution in [2.75, 3.05) is 6.61 Å². The molecule has 0 aromatic carbocycles. The van der Waals surface area contributed by atoms with Crippen LogP contribution in [0.5, 0.6) is 0 Å². The Bertz CT molecular complexity index is 851. The fraction of sp³-hybridized carbons (Fsp3) is 0.833. The van der Waals surface area contributed by atoms with Gasteiger partial charge in [-0.15, -0.1) is 0 Å². The fourth-order valence-corrected chi connectivity index (χ4v) is 8.84. The Morgan fingerprint density at radius 2 is 1.81 bits per heavy atom. The molecule has 2 N–H and O–H groups in total. The quantitative estimate of drug-likeness (QED) is 0.508. The topological polar surface area (TPSA) is 102 Å². The average molecular weight is 435 g/mol. The molecule has 0 unspecified atom stereocenters. The monoisotopic (exact) mass is 434 g/mol.